The van der Waals surface area contributed by atoms with Crippen molar-refractivity contribution in [3.05, 3.63) is 41.1 Å². The average molecular weight is 240 g/mol. The smallest absolute Gasteiger partial charge is 0.198 e. The molecule has 1 N–H and O–H groups in total. The number of furan rings is 1. The molecule has 0 radical (unpaired) electrons. The number of aryl methyl sites for hydroxylation is 1. The molecule has 0 aromatic carbocycles. The van der Waals surface area contributed by atoms with Crippen LogP contribution >= 0.6 is 11.6 Å². The molecule has 2 rings (SSSR count). The van der Waals surface area contributed by atoms with Crippen LogP contribution in [-0.4, -0.2) is 16.3 Å². The van der Waals surface area contributed by atoms with E-state index >= 15 is 0 Å². The Bertz CT molecular complexity index is 463. The molecule has 0 spiro atoms. The van der Waals surface area contributed by atoms with Gasteiger partial charge in [-0.3, -0.25) is 4.68 Å². The van der Waals surface area contributed by atoms with Crippen molar-refractivity contribution in [3.63, 3.8) is 0 Å². The molecule has 2 heterocycles. The molecule has 5 heteroatoms. The predicted molar refractivity (Wildman–Crippen MR) is 62.4 cm³/mol. The zero-order valence-electron chi connectivity index (χ0n) is 9.27. The minimum atomic E-state index is -0.0163. The first-order valence-electron chi connectivity index (χ1n) is 5.18. The second-order valence-corrected chi connectivity index (χ2v) is 3.90. The molecule has 0 aliphatic rings. The van der Waals surface area contributed by atoms with Crippen LogP contribution in [0.25, 0.3) is 0 Å². The number of halogens is 1. The summed E-state index contributed by atoms with van der Waals surface area (Å²) in [5.41, 5.74) is 1.86. The second kappa shape index (κ2) is 4.72. The lowest BCUT2D eigenvalue weighted by molar-refractivity contribution is 0.550. The van der Waals surface area contributed by atoms with Crippen LogP contribution in [0, 0.1) is 0 Å². The quantitative estimate of drug-likeness (QED) is 0.891. The maximum atomic E-state index is 5.99. The van der Waals surface area contributed by atoms with E-state index in [1.807, 2.05) is 32.3 Å². The maximum Gasteiger partial charge on any atom is 0.198 e. The molecule has 1 unspecified atom stereocenters. The van der Waals surface area contributed by atoms with Crippen LogP contribution < -0.4 is 5.32 Å². The summed E-state index contributed by atoms with van der Waals surface area (Å²) in [6.07, 6.45) is 3.50. The number of nitrogens with one attached hydrogen (secondary N) is 1. The summed E-state index contributed by atoms with van der Waals surface area (Å²) in [6.45, 7) is 2.88. The van der Waals surface area contributed by atoms with Crippen LogP contribution in [0.3, 0.4) is 0 Å². The molecule has 2 aromatic heterocycles. The monoisotopic (exact) mass is 239 g/mol. The largest absolute Gasteiger partial charge is 0.453 e. The Morgan fingerprint density at radius 3 is 2.88 bits per heavy atom. The van der Waals surface area contributed by atoms with E-state index < -0.39 is 0 Å². The zero-order chi connectivity index (χ0) is 11.5. The van der Waals surface area contributed by atoms with E-state index in [9.17, 15) is 0 Å². The average Bonchev–Trinajstić information content (AvgIpc) is 2.84. The molecule has 0 saturated heterocycles. The third-order valence-electron chi connectivity index (χ3n) is 2.40. The van der Waals surface area contributed by atoms with Crippen molar-refractivity contribution in [2.24, 2.45) is 7.05 Å². The van der Waals surface area contributed by atoms with Gasteiger partial charge in [-0.1, -0.05) is 6.92 Å². The Balaban J connectivity index is 2.34. The lowest BCUT2D eigenvalue weighted by Gasteiger charge is -2.14. The Kier molecular flexibility index (Phi) is 3.31. The van der Waals surface area contributed by atoms with Gasteiger partial charge < -0.3 is 9.73 Å². The molecule has 0 bridgehead atoms. The van der Waals surface area contributed by atoms with Gasteiger partial charge in [-0.15, -0.1) is 0 Å². The number of hydrogen-bond donors (Lipinski definition) is 1. The number of nitrogens with zero attached hydrogens (tertiary/aromatic N) is 2. The van der Waals surface area contributed by atoms with E-state index in [-0.39, 0.29) is 6.04 Å². The molecule has 0 saturated carbocycles. The molecule has 0 aliphatic heterocycles. The van der Waals surface area contributed by atoms with Crippen LogP contribution in [0.1, 0.15) is 24.2 Å². The molecule has 16 heavy (non-hydrogen) atoms. The van der Waals surface area contributed by atoms with E-state index in [0.29, 0.717) is 5.22 Å². The minimum Gasteiger partial charge on any atom is -0.453 e. The predicted octanol–water partition coefficient (Wildman–Crippen LogP) is 2.37. The lowest BCUT2D eigenvalue weighted by atomic mass is 10.1. The fourth-order valence-corrected chi connectivity index (χ4v) is 1.90. The summed E-state index contributed by atoms with van der Waals surface area (Å²) >= 11 is 5.99. The highest BCUT2D eigenvalue weighted by atomic mass is 35.5. The van der Waals surface area contributed by atoms with Gasteiger partial charge in [0.25, 0.3) is 0 Å². The molecule has 0 aliphatic carbocycles. The third kappa shape index (κ3) is 2.13. The highest BCUT2D eigenvalue weighted by Gasteiger charge is 2.20. The SMILES string of the molecule is CCNC(c1ccn(C)n1)c1ccoc1Cl. The first-order chi connectivity index (χ1) is 7.72. The van der Waals surface area contributed by atoms with Crippen LogP contribution in [-0.2, 0) is 7.05 Å². The van der Waals surface area contributed by atoms with E-state index in [1.54, 1.807) is 10.9 Å². The summed E-state index contributed by atoms with van der Waals surface area (Å²) in [6, 6.07) is 3.82. The Morgan fingerprint density at radius 2 is 2.38 bits per heavy atom. The van der Waals surface area contributed by atoms with Gasteiger partial charge in [0.1, 0.15) is 0 Å². The molecule has 1 atom stereocenters. The first kappa shape index (κ1) is 11.2. The fraction of sp³-hybridized carbons (Fsp3) is 0.364. The Morgan fingerprint density at radius 1 is 1.56 bits per heavy atom. The Labute approximate surface area is 99.2 Å². The van der Waals surface area contributed by atoms with Crippen molar-refractivity contribution in [2.45, 2.75) is 13.0 Å². The van der Waals surface area contributed by atoms with Crippen LogP contribution in [0.4, 0.5) is 0 Å². The van der Waals surface area contributed by atoms with E-state index in [4.69, 9.17) is 16.0 Å². The standard InChI is InChI=1S/C11H14ClN3O/c1-3-13-10(8-5-7-16-11(8)12)9-4-6-15(2)14-9/h4-7,10,13H,3H2,1-2H3. The summed E-state index contributed by atoms with van der Waals surface area (Å²) < 4.78 is 6.88. The van der Waals surface area contributed by atoms with E-state index in [0.717, 1.165) is 17.8 Å². The molecular weight excluding hydrogens is 226 g/mol. The normalized spacial score (nSPS) is 12.9. The molecule has 0 amide bonds. The van der Waals surface area contributed by atoms with Crippen molar-refractivity contribution < 1.29 is 4.42 Å². The topological polar surface area (TPSA) is 43.0 Å². The molecular formula is C11H14ClN3O. The van der Waals surface area contributed by atoms with Gasteiger partial charge in [0.05, 0.1) is 18.0 Å². The minimum absolute atomic E-state index is 0.0163. The first-order valence-corrected chi connectivity index (χ1v) is 5.56. The third-order valence-corrected chi connectivity index (χ3v) is 2.70. The lowest BCUT2D eigenvalue weighted by Crippen LogP contribution is -2.22. The van der Waals surface area contributed by atoms with E-state index in [2.05, 4.69) is 10.4 Å². The summed E-state index contributed by atoms with van der Waals surface area (Å²) in [5, 5.41) is 8.13. The summed E-state index contributed by atoms with van der Waals surface area (Å²) in [7, 11) is 1.89. The molecule has 4 nitrogen and oxygen atoms in total. The van der Waals surface area contributed by atoms with Gasteiger partial charge in [0.15, 0.2) is 5.22 Å². The highest BCUT2D eigenvalue weighted by Crippen LogP contribution is 2.28. The van der Waals surface area contributed by atoms with Crippen LogP contribution in [0.15, 0.2) is 29.0 Å². The van der Waals surface area contributed by atoms with Crippen LogP contribution in [0.5, 0.6) is 0 Å². The second-order valence-electron chi connectivity index (χ2n) is 3.55. The van der Waals surface area contributed by atoms with Crippen molar-refractivity contribution in [1.82, 2.24) is 15.1 Å². The van der Waals surface area contributed by atoms with Gasteiger partial charge >= 0.3 is 0 Å². The van der Waals surface area contributed by atoms with Gasteiger partial charge in [-0.05, 0) is 30.3 Å². The summed E-state index contributed by atoms with van der Waals surface area (Å²) in [5.74, 6) is 0. The number of aromatic nitrogens is 2. The molecule has 2 aromatic rings. The van der Waals surface area contributed by atoms with Gasteiger partial charge in [0, 0.05) is 18.8 Å². The van der Waals surface area contributed by atoms with Crippen LogP contribution in [0.2, 0.25) is 5.22 Å². The van der Waals surface area contributed by atoms with Crippen molar-refractivity contribution >= 4 is 11.6 Å². The maximum absolute atomic E-state index is 5.99. The van der Waals surface area contributed by atoms with Gasteiger partial charge in [0.2, 0.25) is 0 Å². The number of rotatable bonds is 4. The highest BCUT2D eigenvalue weighted by molar-refractivity contribution is 6.29. The summed E-state index contributed by atoms with van der Waals surface area (Å²) in [4.78, 5) is 0. The molecule has 86 valence electrons. The number of hydrogen-bond acceptors (Lipinski definition) is 3. The van der Waals surface area contributed by atoms with Crippen molar-refractivity contribution in [2.75, 3.05) is 6.54 Å². The van der Waals surface area contributed by atoms with Gasteiger partial charge in [-0.25, -0.2) is 0 Å². The van der Waals surface area contributed by atoms with Crippen molar-refractivity contribution in [3.8, 4) is 0 Å². The fourth-order valence-electron chi connectivity index (χ4n) is 1.68. The zero-order valence-corrected chi connectivity index (χ0v) is 10.0. The van der Waals surface area contributed by atoms with Gasteiger partial charge in [-0.2, -0.15) is 5.10 Å². The Hall–Kier alpha value is -1.26. The van der Waals surface area contributed by atoms with Crippen molar-refractivity contribution in [1.29, 1.82) is 0 Å². The molecule has 0 fully saturated rings. The van der Waals surface area contributed by atoms with E-state index in [1.165, 1.54) is 0 Å².